The summed E-state index contributed by atoms with van der Waals surface area (Å²) in [6.45, 7) is 1.51. The molecule has 4 rings (SSSR count). The molecule has 1 aromatic heterocycles. The average Bonchev–Trinajstić information content (AvgIpc) is 3.36. The molecule has 28 heavy (non-hydrogen) atoms. The van der Waals surface area contributed by atoms with E-state index in [9.17, 15) is 19.1 Å². The van der Waals surface area contributed by atoms with Crippen LogP contribution in [0.4, 0.5) is 4.39 Å². The molecule has 2 fully saturated rings. The molecule has 7 nitrogen and oxygen atoms in total. The number of piperidine rings is 1. The van der Waals surface area contributed by atoms with Crippen LogP contribution in [0.5, 0.6) is 5.75 Å². The number of fused-ring (bicyclic) bond motifs is 1. The number of H-pyrrole nitrogens is 1. The maximum atomic E-state index is 14.1. The Bertz CT molecular complexity index is 903. The predicted octanol–water partition coefficient (Wildman–Crippen LogP) is 2.66. The average molecular weight is 390 g/mol. The summed E-state index contributed by atoms with van der Waals surface area (Å²) < 4.78 is 25.0. The normalized spacial score (nSPS) is 23.3. The minimum atomic E-state index is -0.810. The van der Waals surface area contributed by atoms with Crippen molar-refractivity contribution in [2.24, 2.45) is 11.8 Å². The third-order valence-corrected chi connectivity index (χ3v) is 5.90. The predicted molar refractivity (Wildman–Crippen MR) is 98.9 cm³/mol. The molecule has 1 amide bonds. The van der Waals surface area contributed by atoms with E-state index in [1.165, 1.54) is 19.2 Å². The smallest absolute Gasteiger partial charge is 0.309 e. The number of ether oxygens (including phenoxy) is 2. The van der Waals surface area contributed by atoms with Crippen molar-refractivity contribution in [2.45, 2.75) is 25.4 Å². The summed E-state index contributed by atoms with van der Waals surface area (Å²) in [6.07, 6.45) is 1.65. The van der Waals surface area contributed by atoms with Gasteiger partial charge in [-0.05, 0) is 43.4 Å². The van der Waals surface area contributed by atoms with Crippen molar-refractivity contribution in [3.8, 4) is 5.75 Å². The van der Waals surface area contributed by atoms with Crippen molar-refractivity contribution in [3.05, 3.63) is 29.7 Å². The van der Waals surface area contributed by atoms with Gasteiger partial charge in [-0.3, -0.25) is 9.59 Å². The lowest BCUT2D eigenvalue weighted by Gasteiger charge is -2.35. The third-order valence-electron chi connectivity index (χ3n) is 5.90. The molecule has 2 saturated heterocycles. The van der Waals surface area contributed by atoms with Gasteiger partial charge < -0.3 is 24.5 Å². The topological polar surface area (TPSA) is 91.9 Å². The number of methoxy groups -OCH3 is 1. The van der Waals surface area contributed by atoms with Crippen LogP contribution in [0.25, 0.3) is 10.9 Å². The van der Waals surface area contributed by atoms with Crippen molar-refractivity contribution in [1.82, 2.24) is 9.88 Å². The molecule has 2 aromatic rings. The second kappa shape index (κ2) is 7.43. The van der Waals surface area contributed by atoms with Crippen LogP contribution >= 0.6 is 0 Å². The van der Waals surface area contributed by atoms with Crippen LogP contribution in [-0.2, 0) is 9.53 Å². The number of halogens is 1. The SMILES string of the molecule is COc1ccc(F)c2[nH]c(C(=O)N3CCC([C@@H]4OCCC4C(=O)O)CC3)cc12. The van der Waals surface area contributed by atoms with Gasteiger partial charge in [0.2, 0.25) is 0 Å². The minimum Gasteiger partial charge on any atom is -0.496 e. The van der Waals surface area contributed by atoms with Crippen molar-refractivity contribution < 1.29 is 28.6 Å². The fraction of sp³-hybridized carbons (Fsp3) is 0.500. The number of carboxylic acid groups (broad SMARTS) is 1. The number of rotatable bonds is 4. The molecule has 150 valence electrons. The Morgan fingerprint density at radius 3 is 2.71 bits per heavy atom. The molecule has 2 N–H and O–H groups in total. The number of amides is 1. The molecule has 3 heterocycles. The summed E-state index contributed by atoms with van der Waals surface area (Å²) >= 11 is 0. The molecule has 0 aliphatic carbocycles. The number of carbonyl (C=O) groups is 2. The minimum absolute atomic E-state index is 0.132. The van der Waals surface area contributed by atoms with Gasteiger partial charge in [0.05, 0.1) is 24.6 Å². The summed E-state index contributed by atoms with van der Waals surface area (Å²) in [5.41, 5.74) is 0.568. The van der Waals surface area contributed by atoms with Gasteiger partial charge in [-0.2, -0.15) is 0 Å². The van der Waals surface area contributed by atoms with E-state index in [0.29, 0.717) is 55.8 Å². The number of carbonyl (C=O) groups excluding carboxylic acids is 1. The van der Waals surface area contributed by atoms with Crippen molar-refractivity contribution in [3.63, 3.8) is 0 Å². The van der Waals surface area contributed by atoms with Crippen molar-refractivity contribution in [1.29, 1.82) is 0 Å². The first-order valence-corrected chi connectivity index (χ1v) is 9.48. The van der Waals surface area contributed by atoms with Gasteiger partial charge in [0, 0.05) is 25.1 Å². The van der Waals surface area contributed by atoms with E-state index >= 15 is 0 Å². The van der Waals surface area contributed by atoms with Gasteiger partial charge in [0.15, 0.2) is 0 Å². The zero-order valence-corrected chi connectivity index (χ0v) is 15.6. The molecule has 0 bridgehead atoms. The number of hydrogen-bond donors (Lipinski definition) is 2. The zero-order valence-electron chi connectivity index (χ0n) is 15.6. The number of likely N-dealkylation sites (tertiary alicyclic amines) is 1. The molecule has 1 unspecified atom stereocenters. The Kier molecular flexibility index (Phi) is 4.97. The van der Waals surface area contributed by atoms with E-state index in [0.717, 1.165) is 0 Å². The fourth-order valence-electron chi connectivity index (χ4n) is 4.39. The molecule has 2 atom stereocenters. The fourth-order valence-corrected chi connectivity index (χ4v) is 4.39. The van der Waals surface area contributed by atoms with E-state index < -0.39 is 17.7 Å². The van der Waals surface area contributed by atoms with Crippen LogP contribution in [0.3, 0.4) is 0 Å². The second-order valence-corrected chi connectivity index (χ2v) is 7.42. The van der Waals surface area contributed by atoms with Crippen LogP contribution in [0.15, 0.2) is 18.2 Å². The van der Waals surface area contributed by atoms with Crippen molar-refractivity contribution in [2.75, 3.05) is 26.8 Å². The van der Waals surface area contributed by atoms with E-state index in [1.807, 2.05) is 0 Å². The molecule has 0 spiro atoms. The molecule has 0 saturated carbocycles. The molecule has 2 aliphatic rings. The van der Waals surface area contributed by atoms with Gasteiger partial charge in [-0.25, -0.2) is 4.39 Å². The highest BCUT2D eigenvalue weighted by Crippen LogP contribution is 2.34. The molecular formula is C20H23FN2O5. The Morgan fingerprint density at radius 1 is 1.29 bits per heavy atom. The Labute approximate surface area is 161 Å². The highest BCUT2D eigenvalue weighted by molar-refractivity contribution is 5.99. The van der Waals surface area contributed by atoms with Gasteiger partial charge in [-0.15, -0.1) is 0 Å². The van der Waals surface area contributed by atoms with Crippen LogP contribution in [0.2, 0.25) is 0 Å². The number of benzene rings is 1. The summed E-state index contributed by atoms with van der Waals surface area (Å²) in [6, 6.07) is 4.45. The molecule has 0 radical (unpaired) electrons. The van der Waals surface area contributed by atoms with Crippen LogP contribution in [0, 0.1) is 17.7 Å². The van der Waals surface area contributed by atoms with Gasteiger partial charge in [0.1, 0.15) is 17.3 Å². The van der Waals surface area contributed by atoms with Crippen LogP contribution in [0.1, 0.15) is 29.8 Å². The largest absolute Gasteiger partial charge is 0.496 e. The Morgan fingerprint density at radius 2 is 2.04 bits per heavy atom. The number of hydrogen-bond acceptors (Lipinski definition) is 4. The molecule has 1 aromatic carbocycles. The molecular weight excluding hydrogens is 367 g/mol. The first-order valence-electron chi connectivity index (χ1n) is 9.48. The number of carboxylic acids is 1. The van der Waals surface area contributed by atoms with E-state index in [1.54, 1.807) is 11.0 Å². The van der Waals surface area contributed by atoms with E-state index in [-0.39, 0.29) is 23.4 Å². The Balaban J connectivity index is 1.46. The number of aromatic nitrogens is 1. The van der Waals surface area contributed by atoms with Crippen molar-refractivity contribution >= 4 is 22.8 Å². The lowest BCUT2D eigenvalue weighted by Crippen LogP contribution is -2.43. The quantitative estimate of drug-likeness (QED) is 0.837. The highest BCUT2D eigenvalue weighted by atomic mass is 19.1. The first kappa shape index (κ1) is 18.7. The second-order valence-electron chi connectivity index (χ2n) is 7.42. The van der Waals surface area contributed by atoms with Gasteiger partial charge in [-0.1, -0.05) is 0 Å². The summed E-state index contributed by atoms with van der Waals surface area (Å²) in [4.78, 5) is 28.9. The van der Waals surface area contributed by atoms with Gasteiger partial charge >= 0.3 is 5.97 Å². The lowest BCUT2D eigenvalue weighted by molar-refractivity contribution is -0.145. The van der Waals surface area contributed by atoms with E-state index in [2.05, 4.69) is 4.98 Å². The zero-order chi connectivity index (χ0) is 19.8. The summed E-state index contributed by atoms with van der Waals surface area (Å²) in [7, 11) is 1.50. The Hall–Kier alpha value is -2.61. The standard InChI is InChI=1S/C20H23FN2O5/c1-27-16-3-2-14(21)17-13(16)10-15(22-17)19(24)23-7-4-11(5-8-23)18-12(20(25)26)6-9-28-18/h2-3,10-12,18,22H,4-9H2,1H3,(H,25,26)/t12?,18-/m0/s1. The maximum Gasteiger partial charge on any atom is 0.309 e. The van der Waals surface area contributed by atoms with E-state index in [4.69, 9.17) is 9.47 Å². The third kappa shape index (κ3) is 3.22. The monoisotopic (exact) mass is 390 g/mol. The van der Waals surface area contributed by atoms with Crippen LogP contribution < -0.4 is 4.74 Å². The van der Waals surface area contributed by atoms with Crippen LogP contribution in [-0.4, -0.2) is 59.8 Å². The number of nitrogens with zero attached hydrogens (tertiary/aromatic N) is 1. The summed E-state index contributed by atoms with van der Waals surface area (Å²) in [5, 5.41) is 9.88. The maximum absolute atomic E-state index is 14.1. The number of aromatic amines is 1. The first-order chi connectivity index (χ1) is 13.5. The lowest BCUT2D eigenvalue weighted by atomic mass is 9.84. The van der Waals surface area contributed by atoms with Gasteiger partial charge in [0.25, 0.3) is 5.91 Å². The number of nitrogens with one attached hydrogen (secondary N) is 1. The molecule has 2 aliphatic heterocycles. The summed E-state index contributed by atoms with van der Waals surface area (Å²) in [5.74, 6) is -1.27. The molecule has 8 heteroatoms. The number of aliphatic carboxylic acids is 1. The highest BCUT2D eigenvalue weighted by Gasteiger charge is 2.41.